The SMILES string of the molecule is CC(C)C[C@@H](NC(=O)[C@@H](Cc1ccccc1)NC(=O)[C@H](N)Cc1ccccc1)C(=O)N[C@H](CCCNC(C)C)C(=O)N1CCCOCC1. The fourth-order valence-corrected chi connectivity index (χ4v) is 5.69. The van der Waals surface area contributed by atoms with Gasteiger partial charge < -0.3 is 36.6 Å². The van der Waals surface area contributed by atoms with Gasteiger partial charge in [-0.3, -0.25) is 19.2 Å². The third kappa shape index (κ3) is 13.7. The second-order valence-corrected chi connectivity index (χ2v) is 13.3. The predicted molar refractivity (Wildman–Crippen MR) is 188 cm³/mol. The number of ether oxygens (including phenoxy) is 1. The summed E-state index contributed by atoms with van der Waals surface area (Å²) < 4.78 is 5.55. The van der Waals surface area contributed by atoms with E-state index in [4.69, 9.17) is 10.5 Å². The zero-order chi connectivity index (χ0) is 34.9. The molecule has 0 bridgehead atoms. The summed E-state index contributed by atoms with van der Waals surface area (Å²) in [6.07, 6.45) is 2.76. The summed E-state index contributed by atoms with van der Waals surface area (Å²) >= 11 is 0. The molecule has 0 unspecified atom stereocenters. The zero-order valence-corrected chi connectivity index (χ0v) is 29.1. The minimum Gasteiger partial charge on any atom is -0.380 e. The van der Waals surface area contributed by atoms with Gasteiger partial charge in [-0.15, -0.1) is 0 Å². The Morgan fingerprint density at radius 2 is 1.33 bits per heavy atom. The Hall–Kier alpha value is -3.80. The van der Waals surface area contributed by atoms with Crippen LogP contribution in [0.25, 0.3) is 0 Å². The van der Waals surface area contributed by atoms with Crippen LogP contribution in [0.15, 0.2) is 60.7 Å². The molecular formula is C37H56N6O5. The maximum absolute atomic E-state index is 13.9. The topological polar surface area (TPSA) is 155 Å². The highest BCUT2D eigenvalue weighted by Gasteiger charge is 2.32. The van der Waals surface area contributed by atoms with Gasteiger partial charge in [-0.1, -0.05) is 88.4 Å². The zero-order valence-electron chi connectivity index (χ0n) is 29.1. The second kappa shape index (κ2) is 20.5. The molecule has 0 radical (unpaired) electrons. The number of benzene rings is 2. The molecule has 6 N–H and O–H groups in total. The first kappa shape index (κ1) is 38.6. The largest absolute Gasteiger partial charge is 0.380 e. The normalized spacial score (nSPS) is 16.0. The molecule has 1 heterocycles. The maximum atomic E-state index is 13.9. The van der Waals surface area contributed by atoms with Crippen LogP contribution in [0.4, 0.5) is 0 Å². The van der Waals surface area contributed by atoms with Gasteiger partial charge in [0.25, 0.3) is 0 Å². The Morgan fingerprint density at radius 1 is 0.750 bits per heavy atom. The van der Waals surface area contributed by atoms with E-state index < -0.39 is 41.9 Å². The number of nitrogens with two attached hydrogens (primary N) is 1. The van der Waals surface area contributed by atoms with Crippen LogP contribution < -0.4 is 27.0 Å². The summed E-state index contributed by atoms with van der Waals surface area (Å²) in [4.78, 5) is 56.5. The van der Waals surface area contributed by atoms with Crippen LogP contribution >= 0.6 is 0 Å². The number of hydrogen-bond acceptors (Lipinski definition) is 7. The number of nitrogens with zero attached hydrogens (tertiary/aromatic N) is 1. The molecule has 4 amide bonds. The lowest BCUT2D eigenvalue weighted by atomic mass is 9.99. The van der Waals surface area contributed by atoms with Crippen molar-refractivity contribution in [1.29, 1.82) is 0 Å². The standard InChI is InChI=1S/C37H56N6O5/c1-26(2)23-32(35(45)40-31(17-11-18-39-27(3)4)37(47)43-19-12-21-48-22-20-43)42-36(46)33(25-29-15-9-6-10-16-29)41-34(44)30(38)24-28-13-7-5-8-14-28/h5-10,13-16,26-27,30-33,39H,11-12,17-25,38H2,1-4H3,(H,40,45)(H,41,44)(H,42,46)/t30-,31-,32-,33-/m1/s1. The molecular weight excluding hydrogens is 608 g/mol. The Bertz CT molecular complexity index is 1270. The van der Waals surface area contributed by atoms with Gasteiger partial charge in [-0.25, -0.2) is 0 Å². The average molecular weight is 665 g/mol. The number of carbonyl (C=O) groups is 4. The molecule has 1 saturated heterocycles. The molecule has 48 heavy (non-hydrogen) atoms. The van der Waals surface area contributed by atoms with Crippen LogP contribution in [0, 0.1) is 5.92 Å². The van der Waals surface area contributed by atoms with Crippen LogP contribution in [-0.4, -0.2) is 91.6 Å². The van der Waals surface area contributed by atoms with E-state index >= 15 is 0 Å². The van der Waals surface area contributed by atoms with Gasteiger partial charge in [0.2, 0.25) is 23.6 Å². The fourth-order valence-electron chi connectivity index (χ4n) is 5.69. The molecule has 11 nitrogen and oxygen atoms in total. The summed E-state index contributed by atoms with van der Waals surface area (Å²) in [6.45, 7) is 10.8. The van der Waals surface area contributed by atoms with E-state index in [0.29, 0.717) is 64.6 Å². The van der Waals surface area contributed by atoms with Crippen molar-refractivity contribution in [1.82, 2.24) is 26.2 Å². The van der Waals surface area contributed by atoms with Crippen LogP contribution in [0.2, 0.25) is 0 Å². The van der Waals surface area contributed by atoms with Gasteiger partial charge in [0, 0.05) is 32.2 Å². The van der Waals surface area contributed by atoms with Crippen molar-refractivity contribution in [2.75, 3.05) is 32.8 Å². The van der Waals surface area contributed by atoms with Gasteiger partial charge in [-0.05, 0) is 55.7 Å². The molecule has 1 aliphatic rings. The summed E-state index contributed by atoms with van der Waals surface area (Å²) in [5.74, 6) is -1.45. The van der Waals surface area contributed by atoms with Crippen molar-refractivity contribution in [3.63, 3.8) is 0 Å². The van der Waals surface area contributed by atoms with Gasteiger partial charge in [0.05, 0.1) is 12.6 Å². The number of hydrogen-bond donors (Lipinski definition) is 5. The molecule has 0 aromatic heterocycles. The summed E-state index contributed by atoms with van der Waals surface area (Å²) in [7, 11) is 0. The molecule has 0 aliphatic carbocycles. The van der Waals surface area contributed by atoms with E-state index in [1.54, 1.807) is 4.90 Å². The predicted octanol–water partition coefficient (Wildman–Crippen LogP) is 2.33. The molecule has 0 saturated carbocycles. The van der Waals surface area contributed by atoms with Crippen molar-refractivity contribution in [2.45, 2.75) is 96.4 Å². The summed E-state index contributed by atoms with van der Waals surface area (Å²) in [5, 5.41) is 12.1. The monoisotopic (exact) mass is 664 g/mol. The van der Waals surface area contributed by atoms with Crippen molar-refractivity contribution in [2.24, 2.45) is 11.7 Å². The van der Waals surface area contributed by atoms with Gasteiger partial charge in [0.1, 0.15) is 18.1 Å². The van der Waals surface area contributed by atoms with Crippen molar-refractivity contribution in [3.8, 4) is 0 Å². The second-order valence-electron chi connectivity index (χ2n) is 13.3. The maximum Gasteiger partial charge on any atom is 0.245 e. The van der Waals surface area contributed by atoms with Crippen molar-refractivity contribution >= 4 is 23.6 Å². The molecule has 1 aliphatic heterocycles. The number of carbonyl (C=O) groups excluding carboxylic acids is 4. The molecule has 1 fully saturated rings. The average Bonchev–Trinajstić information content (AvgIpc) is 3.35. The first-order valence-corrected chi connectivity index (χ1v) is 17.4. The summed E-state index contributed by atoms with van der Waals surface area (Å²) in [5.41, 5.74) is 8.03. The number of nitrogens with one attached hydrogen (secondary N) is 4. The highest BCUT2D eigenvalue weighted by Crippen LogP contribution is 2.12. The van der Waals surface area contributed by atoms with E-state index in [1.165, 1.54) is 0 Å². The first-order valence-electron chi connectivity index (χ1n) is 17.4. The van der Waals surface area contributed by atoms with Crippen LogP contribution in [0.1, 0.15) is 64.5 Å². The van der Waals surface area contributed by atoms with Crippen molar-refractivity contribution < 1.29 is 23.9 Å². The van der Waals surface area contributed by atoms with Crippen LogP contribution in [0.3, 0.4) is 0 Å². The molecule has 4 atom stereocenters. The molecule has 3 rings (SSSR count). The minimum atomic E-state index is -0.971. The van der Waals surface area contributed by atoms with Crippen LogP contribution in [0.5, 0.6) is 0 Å². The Labute approximate surface area is 286 Å². The van der Waals surface area contributed by atoms with Crippen molar-refractivity contribution in [3.05, 3.63) is 71.8 Å². The lowest BCUT2D eigenvalue weighted by Crippen LogP contribution is -2.58. The number of amides is 4. The van der Waals surface area contributed by atoms with Gasteiger partial charge >= 0.3 is 0 Å². The lowest BCUT2D eigenvalue weighted by Gasteiger charge is -2.29. The Morgan fingerprint density at radius 3 is 1.96 bits per heavy atom. The van der Waals surface area contributed by atoms with E-state index in [1.807, 2.05) is 74.5 Å². The van der Waals surface area contributed by atoms with Crippen LogP contribution in [-0.2, 0) is 36.8 Å². The smallest absolute Gasteiger partial charge is 0.245 e. The number of rotatable bonds is 18. The Kier molecular flexibility index (Phi) is 16.5. The highest BCUT2D eigenvalue weighted by molar-refractivity contribution is 5.95. The quantitative estimate of drug-likeness (QED) is 0.153. The molecule has 11 heteroatoms. The van der Waals surface area contributed by atoms with E-state index in [2.05, 4.69) is 35.1 Å². The lowest BCUT2D eigenvalue weighted by molar-refractivity contribution is -0.138. The molecule has 2 aromatic carbocycles. The van der Waals surface area contributed by atoms with E-state index in [9.17, 15) is 19.2 Å². The highest BCUT2D eigenvalue weighted by atomic mass is 16.5. The molecule has 264 valence electrons. The third-order valence-electron chi connectivity index (χ3n) is 8.26. The van der Waals surface area contributed by atoms with Gasteiger partial charge in [-0.2, -0.15) is 0 Å². The first-order chi connectivity index (χ1) is 23.0. The van der Waals surface area contributed by atoms with Gasteiger partial charge in [0.15, 0.2) is 0 Å². The molecule has 2 aromatic rings. The molecule has 0 spiro atoms. The van der Waals surface area contributed by atoms with E-state index in [-0.39, 0.29) is 18.2 Å². The summed E-state index contributed by atoms with van der Waals surface area (Å²) in [6, 6.07) is 15.6. The third-order valence-corrected chi connectivity index (χ3v) is 8.26. The fraction of sp³-hybridized carbons (Fsp3) is 0.568. The van der Waals surface area contributed by atoms with E-state index in [0.717, 1.165) is 17.5 Å². The Balaban J connectivity index is 1.77. The minimum absolute atomic E-state index is 0.0645.